The van der Waals surface area contributed by atoms with Gasteiger partial charge in [0, 0.05) is 23.1 Å². The third kappa shape index (κ3) is 3.69. The molecule has 2 nitrogen and oxygen atoms in total. The van der Waals surface area contributed by atoms with Crippen LogP contribution in [0.4, 0.5) is 0 Å². The minimum atomic E-state index is 0.137. The molecule has 1 aliphatic rings. The molecule has 1 aromatic rings. The maximum atomic E-state index is 6.25. The number of rotatable bonds is 4. The highest BCUT2D eigenvalue weighted by molar-refractivity contribution is 9.10. The van der Waals surface area contributed by atoms with Gasteiger partial charge in [0.1, 0.15) is 0 Å². The van der Waals surface area contributed by atoms with Crippen LogP contribution in [0.5, 0.6) is 0 Å². The lowest BCUT2D eigenvalue weighted by Gasteiger charge is -2.52. The Morgan fingerprint density at radius 2 is 2.05 bits per heavy atom. The smallest absolute Gasteiger partial charge is 0.0358 e. The fourth-order valence-electron chi connectivity index (χ4n) is 4.01. The lowest BCUT2D eigenvalue weighted by Crippen LogP contribution is -2.59. The third-order valence-electron chi connectivity index (χ3n) is 5.43. The molecule has 2 unspecified atom stereocenters. The van der Waals surface area contributed by atoms with Crippen LogP contribution in [0, 0.1) is 11.3 Å². The molecule has 0 spiro atoms. The highest BCUT2D eigenvalue weighted by atomic mass is 79.9. The van der Waals surface area contributed by atoms with Gasteiger partial charge in [-0.25, -0.2) is 0 Å². The van der Waals surface area contributed by atoms with Gasteiger partial charge < -0.3 is 5.73 Å². The molecular formula is C18H29BrN2. The van der Waals surface area contributed by atoms with E-state index in [4.69, 9.17) is 5.73 Å². The number of nitrogens with two attached hydrogens (primary N) is 1. The molecular weight excluding hydrogens is 324 g/mol. The molecule has 118 valence electrons. The molecule has 1 saturated carbocycles. The lowest BCUT2D eigenvalue weighted by molar-refractivity contribution is -0.0117. The van der Waals surface area contributed by atoms with Crippen LogP contribution in [0.15, 0.2) is 28.7 Å². The number of nitrogens with zero attached hydrogens (tertiary/aromatic N) is 1. The predicted octanol–water partition coefficient (Wildman–Crippen LogP) is 4.42. The Morgan fingerprint density at radius 3 is 2.62 bits per heavy atom. The van der Waals surface area contributed by atoms with Crippen LogP contribution in [-0.2, 0) is 6.54 Å². The number of halogens is 1. The van der Waals surface area contributed by atoms with Crippen LogP contribution >= 0.6 is 15.9 Å². The second kappa shape index (κ2) is 6.39. The summed E-state index contributed by atoms with van der Waals surface area (Å²) in [7, 11) is 2.24. The molecule has 0 aliphatic heterocycles. The van der Waals surface area contributed by atoms with Crippen molar-refractivity contribution in [3.05, 3.63) is 34.3 Å². The SMILES string of the molecule is CC1CC(C)(C)CCC1(CN)N(C)Cc1cccc(Br)c1. The summed E-state index contributed by atoms with van der Waals surface area (Å²) < 4.78 is 1.15. The lowest BCUT2D eigenvalue weighted by atomic mass is 9.63. The number of hydrogen-bond acceptors (Lipinski definition) is 2. The molecule has 2 atom stereocenters. The molecule has 2 rings (SSSR count). The van der Waals surface area contributed by atoms with E-state index in [-0.39, 0.29) is 5.54 Å². The molecule has 21 heavy (non-hydrogen) atoms. The molecule has 0 saturated heterocycles. The Labute approximate surface area is 138 Å². The molecule has 0 amide bonds. The van der Waals surface area contributed by atoms with Gasteiger partial charge in [-0.3, -0.25) is 4.90 Å². The van der Waals surface area contributed by atoms with Gasteiger partial charge in [0.05, 0.1) is 0 Å². The van der Waals surface area contributed by atoms with Crippen molar-refractivity contribution in [2.75, 3.05) is 13.6 Å². The first-order valence-corrected chi connectivity index (χ1v) is 8.74. The van der Waals surface area contributed by atoms with Gasteiger partial charge in [0.15, 0.2) is 0 Å². The zero-order chi connectivity index (χ0) is 15.7. The quantitative estimate of drug-likeness (QED) is 0.868. The zero-order valence-electron chi connectivity index (χ0n) is 13.8. The van der Waals surface area contributed by atoms with E-state index in [0.29, 0.717) is 11.3 Å². The summed E-state index contributed by atoms with van der Waals surface area (Å²) in [5.74, 6) is 0.628. The third-order valence-corrected chi connectivity index (χ3v) is 5.93. The molecule has 0 radical (unpaired) electrons. The summed E-state index contributed by atoms with van der Waals surface area (Å²) in [5.41, 5.74) is 8.18. The first-order valence-electron chi connectivity index (χ1n) is 7.95. The summed E-state index contributed by atoms with van der Waals surface area (Å²) in [6, 6.07) is 8.59. The van der Waals surface area contributed by atoms with Crippen molar-refractivity contribution in [1.82, 2.24) is 4.90 Å². The minimum absolute atomic E-state index is 0.137. The molecule has 1 fully saturated rings. The van der Waals surface area contributed by atoms with E-state index in [1.807, 2.05) is 0 Å². The monoisotopic (exact) mass is 352 g/mol. The van der Waals surface area contributed by atoms with Crippen molar-refractivity contribution >= 4 is 15.9 Å². The summed E-state index contributed by atoms with van der Waals surface area (Å²) in [4.78, 5) is 2.49. The van der Waals surface area contributed by atoms with E-state index in [1.165, 1.54) is 24.8 Å². The summed E-state index contributed by atoms with van der Waals surface area (Å²) in [5, 5.41) is 0. The zero-order valence-corrected chi connectivity index (χ0v) is 15.4. The minimum Gasteiger partial charge on any atom is -0.329 e. The highest BCUT2D eigenvalue weighted by Gasteiger charge is 2.45. The molecule has 1 aromatic carbocycles. The van der Waals surface area contributed by atoms with E-state index in [2.05, 4.69) is 72.9 Å². The van der Waals surface area contributed by atoms with Gasteiger partial charge in [-0.1, -0.05) is 48.8 Å². The van der Waals surface area contributed by atoms with Gasteiger partial charge in [0.25, 0.3) is 0 Å². The van der Waals surface area contributed by atoms with Crippen molar-refractivity contribution in [1.29, 1.82) is 0 Å². The average molecular weight is 353 g/mol. The topological polar surface area (TPSA) is 29.3 Å². The molecule has 2 N–H and O–H groups in total. The highest BCUT2D eigenvalue weighted by Crippen LogP contribution is 2.46. The van der Waals surface area contributed by atoms with E-state index in [1.54, 1.807) is 0 Å². The normalized spacial score (nSPS) is 28.8. The molecule has 0 aromatic heterocycles. The van der Waals surface area contributed by atoms with Crippen molar-refractivity contribution < 1.29 is 0 Å². The van der Waals surface area contributed by atoms with E-state index >= 15 is 0 Å². The fraction of sp³-hybridized carbons (Fsp3) is 0.667. The molecule has 3 heteroatoms. The molecule has 1 aliphatic carbocycles. The van der Waals surface area contributed by atoms with Crippen molar-refractivity contribution in [2.24, 2.45) is 17.1 Å². The standard InChI is InChI=1S/C18H29BrN2/c1-14-11-17(2,3)8-9-18(14,13-20)21(4)12-15-6-5-7-16(19)10-15/h5-7,10,14H,8-9,11-13,20H2,1-4H3. The van der Waals surface area contributed by atoms with Gasteiger partial charge in [-0.05, 0) is 55.3 Å². The molecule has 0 bridgehead atoms. The predicted molar refractivity (Wildman–Crippen MR) is 94.2 cm³/mol. The van der Waals surface area contributed by atoms with E-state index in [9.17, 15) is 0 Å². The summed E-state index contributed by atoms with van der Waals surface area (Å²) in [6.45, 7) is 8.86. The first-order chi connectivity index (χ1) is 9.79. The number of likely N-dealkylation sites (N-methyl/N-ethyl adjacent to an activating group) is 1. The van der Waals surface area contributed by atoms with Crippen LogP contribution in [0.25, 0.3) is 0 Å². The average Bonchev–Trinajstić information content (AvgIpc) is 2.38. The largest absolute Gasteiger partial charge is 0.329 e. The van der Waals surface area contributed by atoms with Crippen LogP contribution in [-0.4, -0.2) is 24.0 Å². The summed E-state index contributed by atoms with van der Waals surface area (Å²) >= 11 is 3.56. The number of hydrogen-bond donors (Lipinski definition) is 1. The Morgan fingerprint density at radius 1 is 1.33 bits per heavy atom. The first kappa shape index (κ1) is 17.0. The van der Waals surface area contributed by atoms with Crippen LogP contribution in [0.3, 0.4) is 0 Å². The van der Waals surface area contributed by atoms with Gasteiger partial charge >= 0.3 is 0 Å². The molecule has 0 heterocycles. The van der Waals surface area contributed by atoms with Crippen LogP contribution < -0.4 is 5.73 Å². The Balaban J connectivity index is 2.16. The van der Waals surface area contributed by atoms with E-state index < -0.39 is 0 Å². The van der Waals surface area contributed by atoms with Crippen LogP contribution in [0.2, 0.25) is 0 Å². The maximum Gasteiger partial charge on any atom is 0.0358 e. The van der Waals surface area contributed by atoms with Gasteiger partial charge in [0.2, 0.25) is 0 Å². The fourth-order valence-corrected chi connectivity index (χ4v) is 4.46. The van der Waals surface area contributed by atoms with E-state index in [0.717, 1.165) is 17.6 Å². The Hall–Kier alpha value is -0.380. The second-order valence-electron chi connectivity index (χ2n) is 7.56. The van der Waals surface area contributed by atoms with Gasteiger partial charge in [-0.2, -0.15) is 0 Å². The summed E-state index contributed by atoms with van der Waals surface area (Å²) in [6.07, 6.45) is 3.71. The van der Waals surface area contributed by atoms with Crippen LogP contribution in [0.1, 0.15) is 45.6 Å². The maximum absolute atomic E-state index is 6.25. The van der Waals surface area contributed by atoms with Gasteiger partial charge in [-0.15, -0.1) is 0 Å². The van der Waals surface area contributed by atoms with Crippen molar-refractivity contribution in [3.63, 3.8) is 0 Å². The van der Waals surface area contributed by atoms with Crippen molar-refractivity contribution in [3.8, 4) is 0 Å². The van der Waals surface area contributed by atoms with Crippen molar-refractivity contribution in [2.45, 2.75) is 52.1 Å². The Bertz CT molecular complexity index is 486. The second-order valence-corrected chi connectivity index (χ2v) is 8.48. The number of benzene rings is 1. The Kier molecular flexibility index (Phi) is 5.17.